The van der Waals surface area contributed by atoms with Gasteiger partial charge < -0.3 is 15.2 Å². The van der Waals surface area contributed by atoms with E-state index in [2.05, 4.69) is 11.9 Å². The van der Waals surface area contributed by atoms with Gasteiger partial charge in [-0.1, -0.05) is 12.1 Å². The van der Waals surface area contributed by atoms with Crippen molar-refractivity contribution in [1.82, 2.24) is 5.32 Å². The first-order chi connectivity index (χ1) is 9.47. The van der Waals surface area contributed by atoms with E-state index in [1.165, 1.54) is 25.3 Å². The van der Waals surface area contributed by atoms with Crippen molar-refractivity contribution in [2.45, 2.75) is 18.9 Å². The molecule has 2 N–H and O–H groups in total. The second kappa shape index (κ2) is 7.28. The molecule has 1 atom stereocenters. The summed E-state index contributed by atoms with van der Waals surface area (Å²) in [6.07, 6.45) is 1.42. The van der Waals surface area contributed by atoms with Gasteiger partial charge in [0.05, 0.1) is 13.5 Å². The Morgan fingerprint density at radius 2 is 2.25 bits per heavy atom. The maximum atomic E-state index is 13.4. The van der Waals surface area contributed by atoms with Crippen molar-refractivity contribution in [1.29, 1.82) is 0 Å². The molecule has 1 aromatic carbocycles. The summed E-state index contributed by atoms with van der Waals surface area (Å²) in [5.41, 5.74) is 0.434. The van der Waals surface area contributed by atoms with E-state index in [0.29, 0.717) is 5.56 Å². The van der Waals surface area contributed by atoms with Crippen LogP contribution >= 0.6 is 0 Å². The molecular formula is C14H16FNO4. The predicted molar refractivity (Wildman–Crippen MR) is 71.0 cm³/mol. The van der Waals surface area contributed by atoms with Gasteiger partial charge in [-0.15, -0.1) is 6.58 Å². The van der Waals surface area contributed by atoms with Crippen LogP contribution in [0.25, 0.3) is 0 Å². The van der Waals surface area contributed by atoms with E-state index < -0.39 is 23.7 Å². The molecule has 0 spiro atoms. The van der Waals surface area contributed by atoms with Gasteiger partial charge in [-0.25, -0.2) is 9.18 Å². The predicted octanol–water partition coefficient (Wildman–Crippen LogP) is 1.52. The molecule has 0 aliphatic rings. The molecule has 5 nitrogen and oxygen atoms in total. The first kappa shape index (κ1) is 15.7. The molecule has 0 saturated carbocycles. The molecule has 20 heavy (non-hydrogen) atoms. The van der Waals surface area contributed by atoms with Crippen LogP contribution in [0.3, 0.4) is 0 Å². The Kier molecular flexibility index (Phi) is 5.71. The van der Waals surface area contributed by atoms with Gasteiger partial charge in [-0.2, -0.15) is 0 Å². The van der Waals surface area contributed by atoms with E-state index in [4.69, 9.17) is 9.84 Å². The number of carboxylic acids is 1. The first-order valence-electron chi connectivity index (χ1n) is 5.93. The molecule has 1 aromatic rings. The van der Waals surface area contributed by atoms with E-state index >= 15 is 0 Å². The minimum absolute atomic E-state index is 0.0872. The highest BCUT2D eigenvalue weighted by Crippen LogP contribution is 2.17. The fourth-order valence-corrected chi connectivity index (χ4v) is 1.64. The number of amides is 1. The zero-order valence-corrected chi connectivity index (χ0v) is 11.1. The maximum absolute atomic E-state index is 13.4. The van der Waals surface area contributed by atoms with Gasteiger partial charge in [0.25, 0.3) is 0 Å². The number of carbonyl (C=O) groups is 2. The van der Waals surface area contributed by atoms with Gasteiger partial charge in [0.1, 0.15) is 6.04 Å². The Morgan fingerprint density at radius 3 is 2.75 bits per heavy atom. The summed E-state index contributed by atoms with van der Waals surface area (Å²) < 4.78 is 18.2. The molecule has 1 amide bonds. The summed E-state index contributed by atoms with van der Waals surface area (Å²) in [7, 11) is 1.34. The van der Waals surface area contributed by atoms with Gasteiger partial charge in [0, 0.05) is 0 Å². The quantitative estimate of drug-likeness (QED) is 0.743. The van der Waals surface area contributed by atoms with E-state index in [9.17, 15) is 14.0 Å². The Hall–Kier alpha value is -2.37. The highest BCUT2D eigenvalue weighted by atomic mass is 19.1. The van der Waals surface area contributed by atoms with Crippen molar-refractivity contribution in [3.05, 3.63) is 42.2 Å². The molecule has 0 aliphatic carbocycles. The third kappa shape index (κ3) is 4.38. The smallest absolute Gasteiger partial charge is 0.326 e. The number of ether oxygens (including phenoxy) is 1. The molecule has 0 heterocycles. The van der Waals surface area contributed by atoms with Crippen molar-refractivity contribution in [3.8, 4) is 5.75 Å². The monoisotopic (exact) mass is 281 g/mol. The maximum Gasteiger partial charge on any atom is 0.326 e. The number of hydrogen-bond donors (Lipinski definition) is 2. The number of carboxylic acid groups (broad SMARTS) is 1. The van der Waals surface area contributed by atoms with Gasteiger partial charge in [-0.3, -0.25) is 4.79 Å². The van der Waals surface area contributed by atoms with E-state index in [1.807, 2.05) is 0 Å². The van der Waals surface area contributed by atoms with Crippen LogP contribution in [0, 0.1) is 5.82 Å². The number of rotatable bonds is 7. The van der Waals surface area contributed by atoms with Crippen LogP contribution in [0.15, 0.2) is 30.9 Å². The Morgan fingerprint density at radius 1 is 1.55 bits per heavy atom. The minimum Gasteiger partial charge on any atom is -0.494 e. The Bertz CT molecular complexity index is 516. The largest absolute Gasteiger partial charge is 0.494 e. The highest BCUT2D eigenvalue weighted by molar-refractivity contribution is 5.84. The molecule has 1 rings (SSSR count). The van der Waals surface area contributed by atoms with Crippen molar-refractivity contribution in [2.75, 3.05) is 7.11 Å². The summed E-state index contributed by atoms with van der Waals surface area (Å²) in [6.45, 7) is 3.43. The number of hydrogen-bond acceptors (Lipinski definition) is 3. The van der Waals surface area contributed by atoms with Crippen molar-refractivity contribution >= 4 is 11.9 Å². The molecule has 108 valence electrons. The van der Waals surface area contributed by atoms with Gasteiger partial charge >= 0.3 is 5.97 Å². The highest BCUT2D eigenvalue weighted by Gasteiger charge is 2.18. The Balaban J connectivity index is 2.68. The normalized spacial score (nSPS) is 11.5. The molecule has 0 bridgehead atoms. The minimum atomic E-state index is -1.14. The van der Waals surface area contributed by atoms with Gasteiger partial charge in [-0.05, 0) is 24.1 Å². The molecule has 0 radical (unpaired) electrons. The fourth-order valence-electron chi connectivity index (χ4n) is 1.64. The summed E-state index contributed by atoms with van der Waals surface area (Å²) in [4.78, 5) is 22.6. The van der Waals surface area contributed by atoms with E-state index in [0.717, 1.165) is 0 Å². The van der Waals surface area contributed by atoms with Crippen LogP contribution in [0.4, 0.5) is 4.39 Å². The average Bonchev–Trinajstić information content (AvgIpc) is 2.38. The zero-order chi connectivity index (χ0) is 15.1. The summed E-state index contributed by atoms with van der Waals surface area (Å²) in [5, 5.41) is 11.2. The average molecular weight is 281 g/mol. The van der Waals surface area contributed by atoms with E-state index in [1.54, 1.807) is 6.07 Å². The number of nitrogens with one attached hydrogen (secondary N) is 1. The summed E-state index contributed by atoms with van der Waals surface area (Å²) in [6, 6.07) is 3.12. The lowest BCUT2D eigenvalue weighted by Gasteiger charge is -2.12. The third-order valence-electron chi connectivity index (χ3n) is 2.62. The lowest BCUT2D eigenvalue weighted by atomic mass is 10.1. The topological polar surface area (TPSA) is 75.6 Å². The lowest BCUT2D eigenvalue weighted by molar-refractivity contribution is -0.141. The van der Waals surface area contributed by atoms with Crippen LogP contribution in [0.5, 0.6) is 5.75 Å². The second-order valence-corrected chi connectivity index (χ2v) is 4.13. The number of methoxy groups -OCH3 is 1. The molecular weight excluding hydrogens is 265 g/mol. The van der Waals surface area contributed by atoms with Crippen LogP contribution in [0.2, 0.25) is 0 Å². The lowest BCUT2D eigenvalue weighted by Crippen LogP contribution is -2.41. The Labute approximate surface area is 116 Å². The van der Waals surface area contributed by atoms with Crippen LogP contribution in [-0.2, 0) is 16.0 Å². The molecule has 0 aromatic heterocycles. The standard InChI is InChI=1S/C14H16FNO4/c1-3-4-11(14(18)19)16-13(17)8-9-5-6-12(20-2)10(15)7-9/h3,5-7,11H,1,4,8H2,2H3,(H,16,17)(H,18,19). The molecule has 0 saturated heterocycles. The number of halogens is 1. The van der Waals surface area contributed by atoms with E-state index in [-0.39, 0.29) is 18.6 Å². The van der Waals surface area contributed by atoms with Gasteiger partial charge in [0.15, 0.2) is 11.6 Å². The molecule has 0 fully saturated rings. The molecule has 1 unspecified atom stereocenters. The van der Waals surface area contributed by atoms with Crippen LogP contribution < -0.4 is 10.1 Å². The number of benzene rings is 1. The second-order valence-electron chi connectivity index (χ2n) is 4.13. The van der Waals surface area contributed by atoms with Crippen LogP contribution in [-0.4, -0.2) is 30.1 Å². The summed E-state index contributed by atoms with van der Waals surface area (Å²) >= 11 is 0. The third-order valence-corrected chi connectivity index (χ3v) is 2.62. The van der Waals surface area contributed by atoms with Crippen molar-refractivity contribution < 1.29 is 23.8 Å². The SMILES string of the molecule is C=CCC(NC(=O)Cc1ccc(OC)c(F)c1)C(=O)O. The fraction of sp³-hybridized carbons (Fsp3) is 0.286. The van der Waals surface area contributed by atoms with Crippen LogP contribution in [0.1, 0.15) is 12.0 Å². The zero-order valence-electron chi connectivity index (χ0n) is 11.1. The summed E-state index contributed by atoms with van der Waals surface area (Å²) in [5.74, 6) is -2.12. The number of carbonyl (C=O) groups excluding carboxylic acids is 1. The van der Waals surface area contributed by atoms with Gasteiger partial charge in [0.2, 0.25) is 5.91 Å². The first-order valence-corrected chi connectivity index (χ1v) is 5.93. The number of aliphatic carboxylic acids is 1. The molecule has 0 aliphatic heterocycles. The van der Waals surface area contributed by atoms with Crippen molar-refractivity contribution in [3.63, 3.8) is 0 Å². The molecule has 6 heteroatoms. The van der Waals surface area contributed by atoms with Crippen molar-refractivity contribution in [2.24, 2.45) is 0 Å².